The van der Waals surface area contributed by atoms with E-state index in [0.717, 1.165) is 19.3 Å². The van der Waals surface area contributed by atoms with Crippen molar-refractivity contribution in [2.75, 3.05) is 4.90 Å². The molecule has 0 saturated heterocycles. The Morgan fingerprint density at radius 2 is 1.53 bits per heavy atom. The SMILES string of the molecule is NC1=NC2(CCCCC2)N(c2cc(Cl)c(Cl)cc2Oc2c(F)cc(C(F)(F)F)cc2F)C(N)=N1. The van der Waals surface area contributed by atoms with Crippen molar-refractivity contribution in [1.29, 1.82) is 0 Å². The summed E-state index contributed by atoms with van der Waals surface area (Å²) in [6.07, 6.45) is -1.34. The van der Waals surface area contributed by atoms with Gasteiger partial charge in [0.25, 0.3) is 0 Å². The molecule has 4 N–H and O–H groups in total. The fourth-order valence-electron chi connectivity index (χ4n) is 4.18. The molecule has 2 aromatic rings. The van der Waals surface area contributed by atoms with Gasteiger partial charge in [-0.25, -0.2) is 13.8 Å². The molecule has 0 radical (unpaired) electrons. The Labute approximate surface area is 201 Å². The van der Waals surface area contributed by atoms with E-state index in [2.05, 4.69) is 9.98 Å². The number of benzene rings is 2. The van der Waals surface area contributed by atoms with Crippen LogP contribution in [0.3, 0.4) is 0 Å². The van der Waals surface area contributed by atoms with Crippen LogP contribution in [0.15, 0.2) is 34.3 Å². The molecular formula is C21H18Cl2F5N5O. The fraction of sp³-hybridized carbons (Fsp3) is 0.333. The number of halogens is 7. The highest BCUT2D eigenvalue weighted by molar-refractivity contribution is 6.42. The average molecular weight is 522 g/mol. The van der Waals surface area contributed by atoms with E-state index in [1.165, 1.54) is 17.0 Å². The Morgan fingerprint density at radius 3 is 2.12 bits per heavy atom. The normalized spacial score (nSPS) is 18.0. The van der Waals surface area contributed by atoms with Crippen molar-refractivity contribution in [1.82, 2.24) is 0 Å². The first-order valence-corrected chi connectivity index (χ1v) is 10.9. The van der Waals surface area contributed by atoms with E-state index in [1.54, 1.807) is 0 Å². The molecule has 1 spiro atoms. The van der Waals surface area contributed by atoms with E-state index in [-0.39, 0.29) is 45.5 Å². The van der Waals surface area contributed by atoms with E-state index in [4.69, 9.17) is 39.4 Å². The maximum atomic E-state index is 14.5. The molecule has 0 amide bonds. The van der Waals surface area contributed by atoms with Gasteiger partial charge in [-0.3, -0.25) is 4.90 Å². The van der Waals surface area contributed by atoms with Crippen LogP contribution in [0.1, 0.15) is 37.7 Å². The highest BCUT2D eigenvalue weighted by atomic mass is 35.5. The van der Waals surface area contributed by atoms with E-state index >= 15 is 0 Å². The maximum Gasteiger partial charge on any atom is 0.416 e. The molecule has 13 heteroatoms. The van der Waals surface area contributed by atoms with Gasteiger partial charge in [0, 0.05) is 6.07 Å². The molecule has 0 unspecified atom stereocenters. The molecule has 1 aliphatic heterocycles. The Morgan fingerprint density at radius 1 is 0.941 bits per heavy atom. The van der Waals surface area contributed by atoms with Crippen molar-refractivity contribution in [3.63, 3.8) is 0 Å². The van der Waals surface area contributed by atoms with E-state index in [1.807, 2.05) is 0 Å². The van der Waals surface area contributed by atoms with Crippen LogP contribution < -0.4 is 21.1 Å². The molecule has 34 heavy (non-hydrogen) atoms. The summed E-state index contributed by atoms with van der Waals surface area (Å²) in [6.45, 7) is 0. The fourth-order valence-corrected chi connectivity index (χ4v) is 4.49. The van der Waals surface area contributed by atoms with Gasteiger partial charge in [0.15, 0.2) is 23.1 Å². The first-order valence-electron chi connectivity index (χ1n) is 10.1. The van der Waals surface area contributed by atoms with Crippen LogP contribution in [-0.2, 0) is 6.18 Å². The molecule has 1 fully saturated rings. The summed E-state index contributed by atoms with van der Waals surface area (Å²) in [5.74, 6) is -4.48. The van der Waals surface area contributed by atoms with Gasteiger partial charge in [-0.15, -0.1) is 0 Å². The van der Waals surface area contributed by atoms with E-state index in [0.29, 0.717) is 12.8 Å². The highest BCUT2D eigenvalue weighted by Crippen LogP contribution is 2.47. The lowest BCUT2D eigenvalue weighted by Gasteiger charge is -2.46. The predicted octanol–water partition coefficient (Wildman–Crippen LogP) is 6.19. The number of aliphatic imine (C=N–C) groups is 2. The van der Waals surface area contributed by atoms with Gasteiger partial charge in [-0.2, -0.15) is 18.2 Å². The van der Waals surface area contributed by atoms with Gasteiger partial charge in [0.05, 0.1) is 21.3 Å². The molecule has 2 aromatic carbocycles. The lowest BCUT2D eigenvalue weighted by Crippen LogP contribution is -2.58. The number of anilines is 1. The summed E-state index contributed by atoms with van der Waals surface area (Å²) >= 11 is 12.3. The monoisotopic (exact) mass is 521 g/mol. The maximum absolute atomic E-state index is 14.5. The summed E-state index contributed by atoms with van der Waals surface area (Å²) < 4.78 is 73.3. The van der Waals surface area contributed by atoms with Crippen LogP contribution in [0.2, 0.25) is 10.0 Å². The number of hydrogen-bond donors (Lipinski definition) is 2. The third kappa shape index (κ3) is 4.46. The van der Waals surface area contributed by atoms with Crippen LogP contribution in [0.4, 0.5) is 27.6 Å². The minimum absolute atomic E-state index is 0.0265. The Hall–Kier alpha value is -2.79. The quantitative estimate of drug-likeness (QED) is 0.471. The van der Waals surface area contributed by atoms with Gasteiger partial charge in [0.2, 0.25) is 11.9 Å². The second-order valence-electron chi connectivity index (χ2n) is 7.92. The van der Waals surface area contributed by atoms with Gasteiger partial charge >= 0.3 is 6.18 Å². The minimum atomic E-state index is -4.95. The summed E-state index contributed by atoms with van der Waals surface area (Å²) in [6, 6.07) is 2.82. The van der Waals surface area contributed by atoms with Crippen molar-refractivity contribution in [2.24, 2.45) is 21.5 Å². The van der Waals surface area contributed by atoms with Crippen molar-refractivity contribution in [2.45, 2.75) is 43.9 Å². The second-order valence-corrected chi connectivity index (χ2v) is 8.74. The molecule has 182 valence electrons. The van der Waals surface area contributed by atoms with Crippen LogP contribution in [-0.4, -0.2) is 17.6 Å². The Kier molecular flexibility index (Phi) is 6.28. The zero-order valence-electron chi connectivity index (χ0n) is 17.4. The third-order valence-electron chi connectivity index (χ3n) is 5.63. The summed E-state index contributed by atoms with van der Waals surface area (Å²) in [5, 5.41) is 0.0417. The highest BCUT2D eigenvalue weighted by Gasteiger charge is 2.44. The molecule has 1 aliphatic carbocycles. The lowest BCUT2D eigenvalue weighted by atomic mass is 9.87. The number of guanidine groups is 2. The number of nitrogens with two attached hydrogens (primary N) is 2. The van der Waals surface area contributed by atoms with Crippen LogP contribution in [0.25, 0.3) is 0 Å². The second kappa shape index (κ2) is 8.77. The number of nitrogens with zero attached hydrogens (tertiary/aromatic N) is 3. The number of alkyl halides is 3. The Balaban J connectivity index is 1.84. The standard InChI is InChI=1S/C21H18Cl2F5N5O/c22-11-8-15(33-19(30)31-18(29)32-20(33)4-2-1-3-5-20)16(9-12(11)23)34-17-13(24)6-10(7-14(17)25)21(26,27)28/h6-9H,1-5H2,(H4,29,30,31,32). The number of hydrogen-bond acceptors (Lipinski definition) is 6. The Bertz CT molecular complexity index is 1170. The molecular weight excluding hydrogens is 504 g/mol. The van der Waals surface area contributed by atoms with Gasteiger partial charge in [0.1, 0.15) is 5.66 Å². The first kappa shape index (κ1) is 24.3. The zero-order valence-corrected chi connectivity index (χ0v) is 18.9. The molecule has 0 bridgehead atoms. The van der Waals surface area contributed by atoms with E-state index in [9.17, 15) is 22.0 Å². The average Bonchev–Trinajstić information content (AvgIpc) is 2.73. The van der Waals surface area contributed by atoms with Crippen molar-refractivity contribution in [3.8, 4) is 11.5 Å². The van der Waals surface area contributed by atoms with Crippen LogP contribution >= 0.6 is 23.2 Å². The van der Waals surface area contributed by atoms with Crippen molar-refractivity contribution in [3.05, 3.63) is 51.5 Å². The summed E-state index contributed by atoms with van der Waals surface area (Å²) in [5.41, 5.74) is 9.72. The summed E-state index contributed by atoms with van der Waals surface area (Å²) in [4.78, 5) is 10.0. The number of rotatable bonds is 3. The van der Waals surface area contributed by atoms with Crippen molar-refractivity contribution >= 4 is 40.8 Å². The third-order valence-corrected chi connectivity index (χ3v) is 6.35. The minimum Gasteiger partial charge on any atom is -0.449 e. The van der Waals surface area contributed by atoms with Crippen LogP contribution in [0, 0.1) is 11.6 Å². The molecule has 6 nitrogen and oxygen atoms in total. The smallest absolute Gasteiger partial charge is 0.416 e. The first-order chi connectivity index (χ1) is 15.9. The topological polar surface area (TPSA) is 89.2 Å². The predicted molar refractivity (Wildman–Crippen MR) is 119 cm³/mol. The van der Waals surface area contributed by atoms with Crippen LogP contribution in [0.5, 0.6) is 11.5 Å². The molecule has 0 atom stereocenters. The van der Waals surface area contributed by atoms with Gasteiger partial charge in [-0.1, -0.05) is 29.6 Å². The van der Waals surface area contributed by atoms with E-state index < -0.39 is 34.8 Å². The number of ether oxygens (including phenoxy) is 1. The molecule has 1 saturated carbocycles. The molecule has 2 aliphatic rings. The largest absolute Gasteiger partial charge is 0.449 e. The van der Waals surface area contributed by atoms with Gasteiger partial charge in [-0.05, 0) is 43.9 Å². The van der Waals surface area contributed by atoms with Crippen molar-refractivity contribution < 1.29 is 26.7 Å². The lowest BCUT2D eigenvalue weighted by molar-refractivity contribution is -0.138. The molecule has 1 heterocycles. The van der Waals surface area contributed by atoms with Gasteiger partial charge < -0.3 is 16.2 Å². The summed E-state index contributed by atoms with van der Waals surface area (Å²) in [7, 11) is 0. The molecule has 4 rings (SSSR count). The zero-order chi connectivity index (χ0) is 24.8. The molecule has 0 aromatic heterocycles.